The molecular formula is C15H20F2N2O3. The number of carbonyl (C=O) groups excluding carboxylic acids is 1. The van der Waals surface area contributed by atoms with E-state index in [0.717, 1.165) is 19.3 Å². The van der Waals surface area contributed by atoms with Crippen LogP contribution in [0.15, 0.2) is 18.2 Å². The van der Waals surface area contributed by atoms with Gasteiger partial charge in [-0.15, -0.1) is 0 Å². The molecule has 0 heterocycles. The van der Waals surface area contributed by atoms with Gasteiger partial charge in [0.15, 0.2) is 0 Å². The zero-order chi connectivity index (χ0) is 16.1. The number of alkyl halides is 2. The number of hydrogen-bond donors (Lipinski definition) is 3. The van der Waals surface area contributed by atoms with E-state index >= 15 is 0 Å². The number of ether oxygens (including phenoxy) is 1. The van der Waals surface area contributed by atoms with Crippen LogP contribution in [0.25, 0.3) is 0 Å². The van der Waals surface area contributed by atoms with Crippen molar-refractivity contribution < 1.29 is 23.4 Å². The third kappa shape index (κ3) is 4.30. The van der Waals surface area contributed by atoms with Crippen molar-refractivity contribution >= 4 is 11.7 Å². The van der Waals surface area contributed by atoms with Crippen LogP contribution in [0.4, 0.5) is 19.3 Å². The molecule has 1 fully saturated rings. The fourth-order valence-corrected chi connectivity index (χ4v) is 2.68. The van der Waals surface area contributed by atoms with Crippen LogP contribution in [0.5, 0.6) is 5.75 Å². The van der Waals surface area contributed by atoms with Gasteiger partial charge in [0.05, 0.1) is 0 Å². The summed E-state index contributed by atoms with van der Waals surface area (Å²) in [5.74, 6) is 0.100. The Morgan fingerprint density at radius 1 is 1.45 bits per heavy atom. The molecule has 2 unspecified atom stereocenters. The number of aliphatic hydroxyl groups excluding tert-OH is 1. The molecule has 0 bridgehead atoms. The standard InChI is InChI=1S/C15H20F2N2O3/c1-9-5-6-11(7-13(9)22-14(16)17)18-15(21)19-12-4-2-3-10(12)8-20/h5-7,10,12,14,20H,2-4,8H2,1H3,(H2,18,19,21). The first-order valence-corrected chi connectivity index (χ1v) is 7.23. The highest BCUT2D eigenvalue weighted by Crippen LogP contribution is 2.26. The Morgan fingerprint density at radius 2 is 2.23 bits per heavy atom. The van der Waals surface area contributed by atoms with E-state index in [4.69, 9.17) is 0 Å². The summed E-state index contributed by atoms with van der Waals surface area (Å²) in [5.41, 5.74) is 0.930. The second-order valence-electron chi connectivity index (χ2n) is 5.44. The summed E-state index contributed by atoms with van der Waals surface area (Å²) in [6.07, 6.45) is 2.68. The molecule has 2 atom stereocenters. The van der Waals surface area contributed by atoms with Crippen molar-refractivity contribution in [2.45, 2.75) is 38.8 Å². The first-order valence-electron chi connectivity index (χ1n) is 7.23. The summed E-state index contributed by atoms with van der Waals surface area (Å²) in [6.45, 7) is -1.22. The topological polar surface area (TPSA) is 70.6 Å². The first-order chi connectivity index (χ1) is 10.5. The molecule has 3 N–H and O–H groups in total. The third-order valence-corrected chi connectivity index (χ3v) is 3.87. The molecule has 0 aliphatic heterocycles. The lowest BCUT2D eigenvalue weighted by atomic mass is 10.1. The molecule has 2 amide bonds. The van der Waals surface area contributed by atoms with E-state index in [0.29, 0.717) is 11.3 Å². The minimum absolute atomic E-state index is 0.0295. The van der Waals surface area contributed by atoms with Crippen molar-refractivity contribution in [2.75, 3.05) is 11.9 Å². The summed E-state index contributed by atoms with van der Waals surface area (Å²) < 4.78 is 29.0. The Labute approximate surface area is 127 Å². The SMILES string of the molecule is Cc1ccc(NC(=O)NC2CCCC2CO)cc1OC(F)F. The predicted octanol–water partition coefficient (Wildman–Crippen LogP) is 2.88. The Bertz CT molecular complexity index is 526. The van der Waals surface area contributed by atoms with Gasteiger partial charge in [0.2, 0.25) is 0 Å². The molecule has 122 valence electrons. The summed E-state index contributed by atoms with van der Waals surface area (Å²) in [7, 11) is 0. The highest BCUT2D eigenvalue weighted by Gasteiger charge is 2.27. The van der Waals surface area contributed by atoms with Crippen LogP contribution in [0.1, 0.15) is 24.8 Å². The monoisotopic (exact) mass is 314 g/mol. The largest absolute Gasteiger partial charge is 0.434 e. The summed E-state index contributed by atoms with van der Waals surface area (Å²) in [4.78, 5) is 12.0. The number of aliphatic hydroxyl groups is 1. The molecule has 1 aliphatic carbocycles. The lowest BCUT2D eigenvalue weighted by Gasteiger charge is -2.19. The Balaban J connectivity index is 1.96. The molecule has 1 saturated carbocycles. The fourth-order valence-electron chi connectivity index (χ4n) is 2.68. The number of benzene rings is 1. The van der Waals surface area contributed by atoms with Crippen LogP contribution in [-0.4, -0.2) is 30.4 Å². The Kier molecular flexibility index (Phi) is 5.54. The van der Waals surface area contributed by atoms with Gasteiger partial charge >= 0.3 is 12.6 Å². The quantitative estimate of drug-likeness (QED) is 0.782. The van der Waals surface area contributed by atoms with E-state index in [1.165, 1.54) is 6.07 Å². The van der Waals surface area contributed by atoms with E-state index in [1.54, 1.807) is 19.1 Å². The smallest absolute Gasteiger partial charge is 0.387 e. The predicted molar refractivity (Wildman–Crippen MR) is 78.2 cm³/mol. The van der Waals surface area contributed by atoms with Crippen molar-refractivity contribution in [3.05, 3.63) is 23.8 Å². The van der Waals surface area contributed by atoms with Crippen LogP contribution in [0.3, 0.4) is 0 Å². The van der Waals surface area contributed by atoms with Crippen LogP contribution < -0.4 is 15.4 Å². The normalized spacial score (nSPS) is 21.0. The van der Waals surface area contributed by atoms with E-state index in [2.05, 4.69) is 15.4 Å². The number of halogens is 2. The van der Waals surface area contributed by atoms with Crippen molar-refractivity contribution in [1.29, 1.82) is 0 Å². The van der Waals surface area contributed by atoms with Gasteiger partial charge in [-0.25, -0.2) is 4.79 Å². The van der Waals surface area contributed by atoms with Crippen LogP contribution in [0, 0.1) is 12.8 Å². The molecule has 2 rings (SSSR count). The third-order valence-electron chi connectivity index (χ3n) is 3.87. The highest BCUT2D eigenvalue weighted by atomic mass is 19.3. The minimum Gasteiger partial charge on any atom is -0.434 e. The Hall–Kier alpha value is -1.89. The van der Waals surface area contributed by atoms with Gasteiger partial charge in [0.25, 0.3) is 0 Å². The van der Waals surface area contributed by atoms with Crippen molar-refractivity contribution in [3.63, 3.8) is 0 Å². The highest BCUT2D eigenvalue weighted by molar-refractivity contribution is 5.89. The maximum absolute atomic E-state index is 12.3. The minimum atomic E-state index is -2.91. The van der Waals surface area contributed by atoms with Gasteiger partial charge in [-0.05, 0) is 31.4 Å². The van der Waals surface area contributed by atoms with Gasteiger partial charge in [0, 0.05) is 30.3 Å². The molecule has 5 nitrogen and oxygen atoms in total. The Morgan fingerprint density at radius 3 is 2.91 bits per heavy atom. The second-order valence-corrected chi connectivity index (χ2v) is 5.44. The molecule has 0 aromatic heterocycles. The van der Waals surface area contributed by atoms with Crippen LogP contribution in [0.2, 0.25) is 0 Å². The molecule has 0 radical (unpaired) electrons. The molecular weight excluding hydrogens is 294 g/mol. The van der Waals surface area contributed by atoms with Crippen molar-refractivity contribution in [2.24, 2.45) is 5.92 Å². The average molecular weight is 314 g/mol. The lowest BCUT2D eigenvalue weighted by molar-refractivity contribution is -0.0502. The zero-order valence-corrected chi connectivity index (χ0v) is 12.3. The zero-order valence-electron chi connectivity index (χ0n) is 12.3. The summed E-state index contributed by atoms with van der Waals surface area (Å²) in [5, 5.41) is 14.6. The molecule has 1 aliphatic rings. The van der Waals surface area contributed by atoms with Crippen LogP contribution >= 0.6 is 0 Å². The van der Waals surface area contributed by atoms with Gasteiger partial charge in [-0.2, -0.15) is 8.78 Å². The number of rotatable bonds is 5. The molecule has 1 aromatic carbocycles. The number of carbonyl (C=O) groups is 1. The number of amides is 2. The van der Waals surface area contributed by atoms with E-state index in [1.807, 2.05) is 0 Å². The number of urea groups is 1. The summed E-state index contributed by atoms with van der Waals surface area (Å²) >= 11 is 0. The van der Waals surface area contributed by atoms with Gasteiger partial charge in [-0.3, -0.25) is 0 Å². The maximum atomic E-state index is 12.3. The van der Waals surface area contributed by atoms with E-state index in [-0.39, 0.29) is 24.3 Å². The van der Waals surface area contributed by atoms with Crippen molar-refractivity contribution in [1.82, 2.24) is 5.32 Å². The van der Waals surface area contributed by atoms with Gasteiger partial charge in [0.1, 0.15) is 5.75 Å². The first kappa shape index (κ1) is 16.5. The number of hydrogen-bond acceptors (Lipinski definition) is 3. The lowest BCUT2D eigenvalue weighted by Crippen LogP contribution is -2.41. The number of nitrogens with one attached hydrogen (secondary N) is 2. The van der Waals surface area contributed by atoms with E-state index < -0.39 is 12.6 Å². The van der Waals surface area contributed by atoms with Crippen LogP contribution in [-0.2, 0) is 0 Å². The maximum Gasteiger partial charge on any atom is 0.387 e. The molecule has 0 saturated heterocycles. The molecule has 7 heteroatoms. The number of anilines is 1. The van der Waals surface area contributed by atoms with Gasteiger partial charge in [-0.1, -0.05) is 12.5 Å². The van der Waals surface area contributed by atoms with Gasteiger partial charge < -0.3 is 20.5 Å². The summed E-state index contributed by atoms with van der Waals surface area (Å²) in [6, 6.07) is 4.09. The van der Waals surface area contributed by atoms with E-state index in [9.17, 15) is 18.7 Å². The second kappa shape index (κ2) is 7.40. The average Bonchev–Trinajstić information content (AvgIpc) is 2.89. The molecule has 1 aromatic rings. The molecule has 22 heavy (non-hydrogen) atoms. The number of aryl methyl sites for hydroxylation is 1. The van der Waals surface area contributed by atoms with Crippen molar-refractivity contribution in [3.8, 4) is 5.75 Å². The fraction of sp³-hybridized carbons (Fsp3) is 0.533. The molecule has 0 spiro atoms.